The number of ether oxygens (including phenoxy) is 1. The van der Waals surface area contributed by atoms with Crippen LogP contribution < -0.4 is 4.74 Å². The lowest BCUT2D eigenvalue weighted by Crippen LogP contribution is -2.04. The first kappa shape index (κ1) is 12.8. The largest absolute Gasteiger partial charge is 0.424 e. The first-order valence-corrected chi connectivity index (χ1v) is 5.57. The van der Waals surface area contributed by atoms with Gasteiger partial charge in [0.2, 0.25) is 0 Å². The van der Waals surface area contributed by atoms with Gasteiger partial charge in [-0.2, -0.15) is 13.2 Å². The molecule has 18 heavy (non-hydrogen) atoms. The van der Waals surface area contributed by atoms with E-state index in [1.165, 1.54) is 24.5 Å². The van der Waals surface area contributed by atoms with Crippen molar-refractivity contribution in [1.82, 2.24) is 9.97 Å². The van der Waals surface area contributed by atoms with Crippen LogP contribution >= 0.6 is 15.9 Å². The third kappa shape index (κ3) is 3.19. The van der Waals surface area contributed by atoms with Gasteiger partial charge in [0.1, 0.15) is 5.75 Å². The van der Waals surface area contributed by atoms with Crippen molar-refractivity contribution in [2.24, 2.45) is 0 Å². The summed E-state index contributed by atoms with van der Waals surface area (Å²) >= 11 is 3.14. The van der Waals surface area contributed by atoms with Gasteiger partial charge in [-0.3, -0.25) is 0 Å². The molecule has 0 N–H and O–H groups in total. The van der Waals surface area contributed by atoms with Gasteiger partial charge in [0, 0.05) is 12.4 Å². The zero-order valence-electron chi connectivity index (χ0n) is 8.78. The van der Waals surface area contributed by atoms with Crippen molar-refractivity contribution in [2.45, 2.75) is 6.18 Å². The average Bonchev–Trinajstić information content (AvgIpc) is 2.31. The molecule has 0 fully saturated rings. The van der Waals surface area contributed by atoms with E-state index in [2.05, 4.69) is 25.9 Å². The van der Waals surface area contributed by atoms with E-state index >= 15 is 0 Å². The summed E-state index contributed by atoms with van der Waals surface area (Å²) in [6.45, 7) is 0. The maximum Gasteiger partial charge on any atom is 0.416 e. The highest BCUT2D eigenvalue weighted by molar-refractivity contribution is 9.10. The van der Waals surface area contributed by atoms with Crippen LogP contribution in [0.5, 0.6) is 11.8 Å². The Morgan fingerprint density at radius 3 is 2.39 bits per heavy atom. The van der Waals surface area contributed by atoms with Crippen molar-refractivity contribution in [2.75, 3.05) is 0 Å². The minimum Gasteiger partial charge on any atom is -0.424 e. The van der Waals surface area contributed by atoms with Crippen LogP contribution in [0.15, 0.2) is 41.1 Å². The Kier molecular flexibility index (Phi) is 3.51. The predicted molar refractivity (Wildman–Crippen MR) is 61.3 cm³/mol. The molecule has 1 aromatic heterocycles. The summed E-state index contributed by atoms with van der Waals surface area (Å²) in [5, 5.41) is 0. The molecule has 0 saturated carbocycles. The summed E-state index contributed by atoms with van der Waals surface area (Å²) in [5.41, 5.74) is -0.780. The standard InChI is InChI=1S/C11H6BrF3N2O/c12-8-5-16-10(17-6-8)18-9-3-1-2-7(4-9)11(13,14)15/h1-6H. The van der Waals surface area contributed by atoms with Gasteiger partial charge in [0.15, 0.2) is 0 Å². The van der Waals surface area contributed by atoms with E-state index < -0.39 is 11.7 Å². The molecule has 1 aromatic carbocycles. The van der Waals surface area contributed by atoms with Crippen molar-refractivity contribution in [3.63, 3.8) is 0 Å². The summed E-state index contributed by atoms with van der Waals surface area (Å²) in [6, 6.07) is 4.51. The normalized spacial score (nSPS) is 11.3. The second-order valence-corrected chi connectivity index (χ2v) is 4.23. The molecule has 2 rings (SSSR count). The monoisotopic (exact) mass is 318 g/mol. The summed E-state index contributed by atoms with van der Waals surface area (Å²) in [5.74, 6) is 0.0344. The summed E-state index contributed by atoms with van der Waals surface area (Å²) in [7, 11) is 0. The predicted octanol–water partition coefficient (Wildman–Crippen LogP) is 4.05. The van der Waals surface area contributed by atoms with Crippen LogP contribution in [0.25, 0.3) is 0 Å². The van der Waals surface area contributed by atoms with Gasteiger partial charge in [-0.25, -0.2) is 9.97 Å². The van der Waals surface area contributed by atoms with Crippen LogP contribution in [0.3, 0.4) is 0 Å². The van der Waals surface area contributed by atoms with E-state index in [9.17, 15) is 13.2 Å². The number of hydrogen-bond donors (Lipinski definition) is 0. The molecule has 0 radical (unpaired) electrons. The van der Waals surface area contributed by atoms with E-state index in [1.54, 1.807) is 0 Å². The third-order valence-electron chi connectivity index (χ3n) is 1.97. The Labute approximate surface area is 109 Å². The zero-order valence-corrected chi connectivity index (χ0v) is 10.4. The van der Waals surface area contributed by atoms with Crippen molar-refractivity contribution < 1.29 is 17.9 Å². The van der Waals surface area contributed by atoms with E-state index in [0.717, 1.165) is 12.1 Å². The average molecular weight is 319 g/mol. The number of aromatic nitrogens is 2. The second-order valence-electron chi connectivity index (χ2n) is 3.31. The molecule has 94 valence electrons. The molecule has 3 nitrogen and oxygen atoms in total. The van der Waals surface area contributed by atoms with E-state index in [-0.39, 0.29) is 11.8 Å². The molecule has 0 unspecified atom stereocenters. The molecular weight excluding hydrogens is 313 g/mol. The van der Waals surface area contributed by atoms with Crippen LogP contribution in [-0.2, 0) is 6.18 Å². The summed E-state index contributed by atoms with van der Waals surface area (Å²) in [4.78, 5) is 7.61. The highest BCUT2D eigenvalue weighted by atomic mass is 79.9. The smallest absolute Gasteiger partial charge is 0.416 e. The molecule has 0 aliphatic rings. The SMILES string of the molecule is FC(F)(F)c1cccc(Oc2ncc(Br)cn2)c1. The zero-order chi connectivity index (χ0) is 13.2. The molecule has 0 saturated heterocycles. The number of hydrogen-bond acceptors (Lipinski definition) is 3. The molecular formula is C11H6BrF3N2O. The molecule has 7 heteroatoms. The van der Waals surface area contributed by atoms with Gasteiger partial charge in [0.25, 0.3) is 0 Å². The Hall–Kier alpha value is -1.63. The van der Waals surface area contributed by atoms with Crippen LogP contribution in [0.1, 0.15) is 5.56 Å². The molecule has 0 amide bonds. The number of nitrogens with zero attached hydrogens (tertiary/aromatic N) is 2. The maximum atomic E-state index is 12.5. The first-order valence-electron chi connectivity index (χ1n) is 4.78. The number of rotatable bonds is 2. The van der Waals surface area contributed by atoms with Crippen molar-refractivity contribution in [1.29, 1.82) is 0 Å². The van der Waals surface area contributed by atoms with Crippen LogP contribution in [0.4, 0.5) is 13.2 Å². The maximum absolute atomic E-state index is 12.5. The lowest BCUT2D eigenvalue weighted by atomic mass is 10.2. The van der Waals surface area contributed by atoms with Gasteiger partial charge in [-0.05, 0) is 34.1 Å². The van der Waals surface area contributed by atoms with Gasteiger partial charge < -0.3 is 4.74 Å². The fourth-order valence-corrected chi connectivity index (χ4v) is 1.40. The molecule has 0 spiro atoms. The fourth-order valence-electron chi connectivity index (χ4n) is 1.19. The molecule has 0 aliphatic carbocycles. The van der Waals surface area contributed by atoms with Crippen LogP contribution in [-0.4, -0.2) is 9.97 Å². The second kappa shape index (κ2) is 4.93. The van der Waals surface area contributed by atoms with Gasteiger partial charge >= 0.3 is 12.2 Å². The van der Waals surface area contributed by atoms with Crippen LogP contribution in [0.2, 0.25) is 0 Å². The minimum absolute atomic E-state index is 0.0162. The molecule has 1 heterocycles. The highest BCUT2D eigenvalue weighted by Gasteiger charge is 2.30. The Morgan fingerprint density at radius 1 is 1.11 bits per heavy atom. The number of alkyl halides is 3. The van der Waals surface area contributed by atoms with Gasteiger partial charge in [-0.15, -0.1) is 0 Å². The van der Waals surface area contributed by atoms with E-state index in [4.69, 9.17) is 4.74 Å². The number of benzene rings is 1. The summed E-state index contributed by atoms with van der Waals surface area (Å²) < 4.78 is 43.2. The Bertz CT molecular complexity index is 543. The topological polar surface area (TPSA) is 35.0 Å². The molecule has 0 atom stereocenters. The Morgan fingerprint density at radius 2 is 1.78 bits per heavy atom. The third-order valence-corrected chi connectivity index (χ3v) is 2.38. The minimum atomic E-state index is -4.40. The lowest BCUT2D eigenvalue weighted by Gasteiger charge is -2.08. The fraction of sp³-hybridized carbons (Fsp3) is 0.0909. The first-order chi connectivity index (χ1) is 8.45. The van der Waals surface area contributed by atoms with Crippen molar-refractivity contribution >= 4 is 15.9 Å². The van der Waals surface area contributed by atoms with Gasteiger partial charge in [0.05, 0.1) is 10.0 Å². The van der Waals surface area contributed by atoms with Gasteiger partial charge in [-0.1, -0.05) is 6.07 Å². The van der Waals surface area contributed by atoms with E-state index in [0.29, 0.717) is 4.47 Å². The molecule has 0 bridgehead atoms. The van der Waals surface area contributed by atoms with Crippen molar-refractivity contribution in [3.8, 4) is 11.8 Å². The van der Waals surface area contributed by atoms with E-state index in [1.807, 2.05) is 0 Å². The quantitative estimate of drug-likeness (QED) is 0.837. The molecule has 0 aliphatic heterocycles. The highest BCUT2D eigenvalue weighted by Crippen LogP contribution is 2.32. The Balaban J connectivity index is 2.22. The van der Waals surface area contributed by atoms with Crippen molar-refractivity contribution in [3.05, 3.63) is 46.7 Å². The summed E-state index contributed by atoms with van der Waals surface area (Å²) in [6.07, 6.45) is -1.52. The van der Waals surface area contributed by atoms with Crippen LogP contribution in [0, 0.1) is 0 Å². The lowest BCUT2D eigenvalue weighted by molar-refractivity contribution is -0.137. The number of halogens is 4. The molecule has 2 aromatic rings.